The van der Waals surface area contributed by atoms with Gasteiger partial charge >= 0.3 is 0 Å². The molecule has 0 aromatic heterocycles. The molecule has 5 unspecified atom stereocenters. The third kappa shape index (κ3) is 3.37. The molecule has 0 spiro atoms. The highest BCUT2D eigenvalue weighted by Crippen LogP contribution is 2.21. The van der Waals surface area contributed by atoms with E-state index in [4.69, 9.17) is 20.3 Å². The van der Waals surface area contributed by atoms with Gasteiger partial charge in [0.25, 0.3) is 0 Å². The molecule has 1 fully saturated rings. The van der Waals surface area contributed by atoms with E-state index in [-0.39, 0.29) is 18.9 Å². The summed E-state index contributed by atoms with van der Waals surface area (Å²) in [5.41, 5.74) is 5.24. The number of aliphatic hydroxyl groups excluding tert-OH is 3. The van der Waals surface area contributed by atoms with E-state index in [1.54, 1.807) is 0 Å². The second kappa shape index (κ2) is 6.98. The Morgan fingerprint density at radius 3 is 2.61 bits per heavy atom. The molecule has 1 heterocycles. The molecule has 6 N–H and O–H groups in total. The third-order valence-electron chi connectivity index (χ3n) is 2.81. The number of nitrogens with two attached hydrogens (primary N) is 1. The van der Waals surface area contributed by atoms with Crippen LogP contribution in [-0.2, 0) is 14.3 Å². The van der Waals surface area contributed by atoms with Gasteiger partial charge in [-0.2, -0.15) is 0 Å². The van der Waals surface area contributed by atoms with Crippen molar-refractivity contribution in [3.63, 3.8) is 0 Å². The molecule has 0 bridgehead atoms. The maximum absolute atomic E-state index is 11.4. The van der Waals surface area contributed by atoms with Crippen LogP contribution in [-0.4, -0.2) is 72.1 Å². The zero-order valence-corrected chi connectivity index (χ0v) is 10.2. The lowest BCUT2D eigenvalue weighted by Gasteiger charge is -2.41. The van der Waals surface area contributed by atoms with Gasteiger partial charge in [0, 0.05) is 20.1 Å². The van der Waals surface area contributed by atoms with Crippen molar-refractivity contribution in [2.45, 2.75) is 37.1 Å². The molecule has 1 rings (SSSR count). The number of methoxy groups -OCH3 is 1. The molecule has 1 aliphatic heterocycles. The first-order valence-corrected chi connectivity index (χ1v) is 5.69. The monoisotopic (exact) mass is 264 g/mol. The molecule has 0 saturated carbocycles. The smallest absolute Gasteiger partial charge is 0.221 e. The number of amides is 1. The van der Waals surface area contributed by atoms with Gasteiger partial charge in [-0.15, -0.1) is 0 Å². The molecule has 1 amide bonds. The van der Waals surface area contributed by atoms with Crippen molar-refractivity contribution in [3.05, 3.63) is 0 Å². The number of rotatable bonds is 5. The van der Waals surface area contributed by atoms with Crippen LogP contribution in [0.4, 0.5) is 0 Å². The molecule has 8 heteroatoms. The van der Waals surface area contributed by atoms with Gasteiger partial charge in [0.15, 0.2) is 6.29 Å². The van der Waals surface area contributed by atoms with Crippen LogP contribution >= 0.6 is 0 Å². The quantitative estimate of drug-likeness (QED) is 0.355. The van der Waals surface area contributed by atoms with Gasteiger partial charge in [-0.05, 0) is 0 Å². The summed E-state index contributed by atoms with van der Waals surface area (Å²) >= 11 is 0. The molecular weight excluding hydrogens is 244 g/mol. The topological polar surface area (TPSA) is 134 Å². The van der Waals surface area contributed by atoms with E-state index < -0.39 is 37.3 Å². The Kier molecular flexibility index (Phi) is 5.93. The first-order chi connectivity index (χ1) is 8.54. The summed E-state index contributed by atoms with van der Waals surface area (Å²) in [5, 5.41) is 31.1. The molecule has 0 aromatic rings. The number of hydrogen-bond donors (Lipinski definition) is 5. The van der Waals surface area contributed by atoms with Crippen LogP contribution in [0, 0.1) is 0 Å². The molecule has 5 atom stereocenters. The second-order valence-corrected chi connectivity index (χ2v) is 4.07. The van der Waals surface area contributed by atoms with E-state index in [2.05, 4.69) is 5.32 Å². The Hall–Kier alpha value is -0.770. The summed E-state index contributed by atoms with van der Waals surface area (Å²) < 4.78 is 10.2. The third-order valence-corrected chi connectivity index (χ3v) is 2.81. The summed E-state index contributed by atoms with van der Waals surface area (Å²) in [6, 6.07) is -0.910. The molecule has 0 radical (unpaired) electrons. The van der Waals surface area contributed by atoms with E-state index in [0.29, 0.717) is 0 Å². The Morgan fingerprint density at radius 2 is 2.11 bits per heavy atom. The lowest BCUT2D eigenvalue weighted by Crippen LogP contribution is -2.64. The fourth-order valence-corrected chi connectivity index (χ4v) is 1.83. The maximum Gasteiger partial charge on any atom is 0.221 e. The molecule has 1 aliphatic rings. The van der Waals surface area contributed by atoms with E-state index >= 15 is 0 Å². The largest absolute Gasteiger partial charge is 0.394 e. The molecule has 0 aliphatic carbocycles. The van der Waals surface area contributed by atoms with Gasteiger partial charge in [0.05, 0.1) is 6.61 Å². The summed E-state index contributed by atoms with van der Waals surface area (Å²) in [6.07, 6.45) is -4.39. The van der Waals surface area contributed by atoms with Crippen molar-refractivity contribution in [1.82, 2.24) is 5.32 Å². The molecule has 0 aromatic carbocycles. The van der Waals surface area contributed by atoms with E-state index in [9.17, 15) is 15.0 Å². The maximum atomic E-state index is 11.4. The Morgan fingerprint density at radius 1 is 1.44 bits per heavy atom. The Balaban J connectivity index is 2.71. The van der Waals surface area contributed by atoms with Crippen LogP contribution in [0.2, 0.25) is 0 Å². The Bertz CT molecular complexity index is 275. The first kappa shape index (κ1) is 15.3. The minimum atomic E-state index is -1.30. The second-order valence-electron chi connectivity index (χ2n) is 4.07. The van der Waals surface area contributed by atoms with Crippen LogP contribution < -0.4 is 11.1 Å². The fourth-order valence-electron chi connectivity index (χ4n) is 1.83. The van der Waals surface area contributed by atoms with Crippen molar-refractivity contribution in [2.75, 3.05) is 20.3 Å². The average molecular weight is 264 g/mol. The van der Waals surface area contributed by atoms with E-state index in [1.165, 1.54) is 7.11 Å². The van der Waals surface area contributed by atoms with Crippen molar-refractivity contribution < 1.29 is 29.6 Å². The lowest BCUT2D eigenvalue weighted by molar-refractivity contribution is -0.262. The number of carbonyl (C=O) groups is 1. The van der Waals surface area contributed by atoms with Crippen molar-refractivity contribution >= 4 is 5.91 Å². The minimum Gasteiger partial charge on any atom is -0.394 e. The van der Waals surface area contributed by atoms with Crippen LogP contribution in [0.25, 0.3) is 0 Å². The normalized spacial score (nSPS) is 36.4. The van der Waals surface area contributed by atoms with Crippen molar-refractivity contribution in [2.24, 2.45) is 5.73 Å². The van der Waals surface area contributed by atoms with Gasteiger partial charge in [0.1, 0.15) is 24.4 Å². The van der Waals surface area contributed by atoms with Crippen LogP contribution in [0.1, 0.15) is 6.42 Å². The van der Waals surface area contributed by atoms with Crippen LogP contribution in [0.15, 0.2) is 0 Å². The van der Waals surface area contributed by atoms with Crippen LogP contribution in [0.3, 0.4) is 0 Å². The highest BCUT2D eigenvalue weighted by Gasteiger charge is 2.45. The van der Waals surface area contributed by atoms with Crippen LogP contribution in [0.5, 0.6) is 0 Å². The lowest BCUT2D eigenvalue weighted by atomic mass is 9.97. The molecule has 106 valence electrons. The fraction of sp³-hybridized carbons (Fsp3) is 0.900. The number of aliphatic hydroxyl groups is 3. The van der Waals surface area contributed by atoms with Crippen molar-refractivity contribution in [1.29, 1.82) is 0 Å². The summed E-state index contributed by atoms with van der Waals surface area (Å²) in [7, 11) is 1.34. The van der Waals surface area contributed by atoms with Crippen molar-refractivity contribution in [3.8, 4) is 0 Å². The number of nitrogens with one attached hydrogen (secondary N) is 1. The van der Waals surface area contributed by atoms with Gasteiger partial charge in [-0.3, -0.25) is 4.79 Å². The highest BCUT2D eigenvalue weighted by molar-refractivity contribution is 5.76. The molecular formula is C10H20N2O6. The first-order valence-electron chi connectivity index (χ1n) is 5.69. The number of hydrogen-bond acceptors (Lipinski definition) is 7. The van der Waals surface area contributed by atoms with E-state index in [0.717, 1.165) is 0 Å². The summed E-state index contributed by atoms with van der Waals surface area (Å²) in [5.74, 6) is -0.373. The van der Waals surface area contributed by atoms with E-state index in [1.807, 2.05) is 0 Å². The SMILES string of the molecule is COC1OC(CO)C(O)C(O)C1NC(=O)CCN. The molecule has 8 nitrogen and oxygen atoms in total. The number of ether oxygens (including phenoxy) is 2. The molecule has 1 saturated heterocycles. The zero-order valence-electron chi connectivity index (χ0n) is 10.2. The standard InChI is InChI=1S/C10H20N2O6/c1-17-10-7(12-6(14)2-3-11)9(16)8(15)5(4-13)18-10/h5,7-10,13,15-16H,2-4,11H2,1H3,(H,12,14). The summed E-state index contributed by atoms with van der Waals surface area (Å²) in [6.45, 7) is -0.281. The Labute approximate surface area is 105 Å². The van der Waals surface area contributed by atoms with Gasteiger partial charge in [-0.25, -0.2) is 0 Å². The number of carbonyl (C=O) groups excluding carboxylic acids is 1. The minimum absolute atomic E-state index is 0.0964. The average Bonchev–Trinajstić information content (AvgIpc) is 2.36. The zero-order chi connectivity index (χ0) is 13.7. The predicted octanol–water partition coefficient (Wildman–Crippen LogP) is -3.09. The molecule has 18 heavy (non-hydrogen) atoms. The van der Waals surface area contributed by atoms with Gasteiger partial charge < -0.3 is 35.8 Å². The van der Waals surface area contributed by atoms with Gasteiger partial charge in [-0.1, -0.05) is 0 Å². The highest BCUT2D eigenvalue weighted by atomic mass is 16.7. The predicted molar refractivity (Wildman–Crippen MR) is 60.4 cm³/mol. The van der Waals surface area contributed by atoms with Gasteiger partial charge in [0.2, 0.25) is 5.91 Å². The summed E-state index contributed by atoms with van der Waals surface area (Å²) in [4.78, 5) is 11.4.